The molecule has 6 N–H and O–H groups in total. The van der Waals surface area contributed by atoms with Gasteiger partial charge in [0, 0.05) is 11.8 Å². The first kappa shape index (κ1) is 15.5. The molecule has 0 saturated carbocycles. The van der Waals surface area contributed by atoms with Crippen LogP contribution in [0.15, 0.2) is 58.4 Å². The van der Waals surface area contributed by atoms with Crippen molar-refractivity contribution in [2.24, 2.45) is 16.5 Å². The summed E-state index contributed by atoms with van der Waals surface area (Å²) in [6.07, 6.45) is 1.49. The molecule has 114 valence electrons. The van der Waals surface area contributed by atoms with Crippen molar-refractivity contribution >= 4 is 27.9 Å². The van der Waals surface area contributed by atoms with Crippen molar-refractivity contribution in [3.63, 3.8) is 0 Å². The quantitative estimate of drug-likeness (QED) is 0.432. The second-order valence-corrected chi connectivity index (χ2v) is 6.05. The molecule has 0 heterocycles. The number of hydrogen-bond acceptors (Lipinski definition) is 4. The van der Waals surface area contributed by atoms with Gasteiger partial charge in [0.15, 0.2) is 0 Å². The summed E-state index contributed by atoms with van der Waals surface area (Å²) in [5.74, 6) is -0.287. The van der Waals surface area contributed by atoms with E-state index in [2.05, 4.69) is 4.99 Å². The summed E-state index contributed by atoms with van der Waals surface area (Å²) in [4.78, 5) is 4.18. The van der Waals surface area contributed by atoms with Crippen LogP contribution in [0, 0.1) is 0 Å². The lowest BCUT2D eigenvalue weighted by atomic mass is 10.2. The molecular weight excluding hydrogens is 304 g/mol. The van der Waals surface area contributed by atoms with Gasteiger partial charge in [-0.1, -0.05) is 12.1 Å². The van der Waals surface area contributed by atoms with Gasteiger partial charge in [-0.05, 0) is 36.4 Å². The smallest absolute Gasteiger partial charge is 0.353 e. The van der Waals surface area contributed by atoms with Crippen LogP contribution < -0.4 is 15.9 Å². The number of aromatic hydroxyl groups is 1. The first-order valence-corrected chi connectivity index (χ1v) is 7.69. The van der Waals surface area contributed by atoms with Crippen LogP contribution in [0.1, 0.15) is 5.56 Å². The Morgan fingerprint density at radius 1 is 1.09 bits per heavy atom. The second-order valence-electron chi connectivity index (χ2n) is 4.37. The van der Waals surface area contributed by atoms with Crippen LogP contribution in [0.5, 0.6) is 5.75 Å². The van der Waals surface area contributed by atoms with E-state index >= 15 is 0 Å². The average molecular weight is 319 g/mol. The van der Waals surface area contributed by atoms with E-state index in [9.17, 15) is 13.5 Å². The molecule has 7 nitrogen and oxygen atoms in total. The van der Waals surface area contributed by atoms with Crippen molar-refractivity contribution < 1.29 is 17.9 Å². The number of nitrogens with two attached hydrogens (primary N) is 2. The monoisotopic (exact) mass is 319 g/mol. The fraction of sp³-hybridized carbons (Fsp3) is 0. The summed E-state index contributed by atoms with van der Waals surface area (Å²) in [6, 6.07) is 12.6. The molecule has 0 radical (unpaired) electrons. The minimum absolute atomic E-state index is 0.0161. The Hall–Kier alpha value is -2.87. The van der Waals surface area contributed by atoms with Gasteiger partial charge in [0.25, 0.3) is 0 Å². The molecule has 0 aliphatic carbocycles. The van der Waals surface area contributed by atoms with Gasteiger partial charge in [0.2, 0.25) is 0 Å². The molecule has 0 amide bonds. The van der Waals surface area contributed by atoms with Crippen LogP contribution in [0.2, 0.25) is 0 Å². The number of phenolic OH excluding ortho intramolecular Hbond substituents is 1. The van der Waals surface area contributed by atoms with Gasteiger partial charge in [-0.25, -0.2) is 0 Å². The maximum absolute atomic E-state index is 11.8. The number of phenols is 1. The van der Waals surface area contributed by atoms with Crippen molar-refractivity contribution in [2.45, 2.75) is 4.90 Å². The van der Waals surface area contributed by atoms with Crippen LogP contribution in [0.25, 0.3) is 0 Å². The third kappa shape index (κ3) is 3.83. The molecular formula is C14H15N4O3S+. The topological polar surface area (TPSA) is 133 Å². The largest absolute Gasteiger partial charge is 0.507 e. The van der Waals surface area contributed by atoms with Crippen molar-refractivity contribution in [3.8, 4) is 5.75 Å². The van der Waals surface area contributed by atoms with E-state index in [1.165, 1.54) is 30.5 Å². The number of sulfonamides is 1. The zero-order chi connectivity index (χ0) is 16.2. The molecule has 0 aliphatic rings. The summed E-state index contributed by atoms with van der Waals surface area (Å²) in [7, 11) is -3.78. The zero-order valence-electron chi connectivity index (χ0n) is 11.5. The van der Waals surface area contributed by atoms with Gasteiger partial charge in [-0.3, -0.25) is 16.5 Å². The summed E-state index contributed by atoms with van der Waals surface area (Å²) in [6.45, 7) is 0. The van der Waals surface area contributed by atoms with Gasteiger partial charge >= 0.3 is 16.0 Å². The lowest BCUT2D eigenvalue weighted by Gasteiger charge is -2.00. The highest BCUT2D eigenvalue weighted by Gasteiger charge is 2.14. The third-order valence-corrected chi connectivity index (χ3v) is 4.09. The van der Waals surface area contributed by atoms with E-state index in [1.807, 2.05) is 4.40 Å². The second kappa shape index (κ2) is 6.27. The SMILES string of the molecule is NC(N)=[NH+]S(=O)(=O)c1ccc(N=Cc2ccccc2O)cc1. The van der Waals surface area contributed by atoms with Gasteiger partial charge in [0.1, 0.15) is 10.6 Å². The molecule has 0 fully saturated rings. The lowest BCUT2D eigenvalue weighted by Crippen LogP contribution is -2.80. The van der Waals surface area contributed by atoms with Crippen molar-refractivity contribution in [3.05, 3.63) is 54.1 Å². The van der Waals surface area contributed by atoms with Gasteiger partial charge in [-0.15, -0.1) is 0 Å². The van der Waals surface area contributed by atoms with Crippen LogP contribution in [0.3, 0.4) is 0 Å². The maximum Gasteiger partial charge on any atom is 0.353 e. The fourth-order valence-corrected chi connectivity index (χ4v) is 2.59. The molecule has 2 aromatic rings. The number of rotatable bonds is 4. The molecule has 0 aliphatic heterocycles. The Morgan fingerprint density at radius 2 is 1.73 bits per heavy atom. The molecule has 0 saturated heterocycles. The number of guanidine groups is 1. The number of aliphatic imine (C=N–C) groups is 1. The third-order valence-electron chi connectivity index (χ3n) is 2.69. The van der Waals surface area contributed by atoms with E-state index in [-0.39, 0.29) is 10.6 Å². The Kier molecular flexibility index (Phi) is 4.42. The number of benzene rings is 2. The van der Waals surface area contributed by atoms with Gasteiger partial charge in [-0.2, -0.15) is 12.8 Å². The van der Waals surface area contributed by atoms with Crippen molar-refractivity contribution in [2.75, 3.05) is 0 Å². The standard InChI is InChI=1S/C14H14N4O3S/c15-14(16)18-22(20,21)12-7-5-11(6-8-12)17-9-10-3-1-2-4-13(10)19/h1-9,19H,(H4,15,16,18)/p+1. The minimum atomic E-state index is -3.78. The molecule has 22 heavy (non-hydrogen) atoms. The summed E-state index contributed by atoms with van der Waals surface area (Å²) < 4.78 is 25.6. The molecule has 0 atom stereocenters. The number of hydrogen-bond donors (Lipinski definition) is 4. The van der Waals surface area contributed by atoms with Crippen molar-refractivity contribution in [1.82, 2.24) is 0 Å². The summed E-state index contributed by atoms with van der Waals surface area (Å²) >= 11 is 0. The van der Waals surface area contributed by atoms with E-state index in [1.54, 1.807) is 24.3 Å². The lowest BCUT2D eigenvalue weighted by molar-refractivity contribution is -0.270. The molecule has 0 bridgehead atoms. The molecule has 0 unspecified atom stereocenters. The average Bonchev–Trinajstić information content (AvgIpc) is 2.45. The Balaban J connectivity index is 2.23. The fourth-order valence-electron chi connectivity index (χ4n) is 1.67. The molecule has 2 rings (SSSR count). The Morgan fingerprint density at radius 3 is 2.32 bits per heavy atom. The van der Waals surface area contributed by atoms with Gasteiger partial charge in [0.05, 0.1) is 5.69 Å². The normalized spacial score (nSPS) is 11.5. The highest BCUT2D eigenvalue weighted by Crippen LogP contribution is 2.17. The van der Waals surface area contributed by atoms with Crippen LogP contribution in [-0.4, -0.2) is 25.7 Å². The number of nitrogens with one attached hydrogen (secondary N) is 1. The molecule has 0 spiro atoms. The Labute approximate surface area is 127 Å². The maximum atomic E-state index is 11.8. The first-order chi connectivity index (χ1) is 10.4. The minimum Gasteiger partial charge on any atom is -0.507 e. The highest BCUT2D eigenvalue weighted by atomic mass is 32.2. The van der Waals surface area contributed by atoms with Crippen LogP contribution in [0.4, 0.5) is 5.69 Å². The number of para-hydroxylation sites is 1. The summed E-state index contributed by atoms with van der Waals surface area (Å²) in [5, 5.41) is 9.62. The van der Waals surface area contributed by atoms with E-state index in [0.717, 1.165) is 0 Å². The van der Waals surface area contributed by atoms with E-state index < -0.39 is 16.0 Å². The molecule has 8 heteroatoms. The Bertz CT molecular complexity index is 823. The first-order valence-electron chi connectivity index (χ1n) is 6.21. The predicted octanol–water partition coefficient (Wildman–Crippen LogP) is -0.814. The highest BCUT2D eigenvalue weighted by molar-refractivity contribution is 7.84. The molecule has 0 aromatic heterocycles. The number of nitrogens with zero attached hydrogens (tertiary/aromatic N) is 1. The zero-order valence-corrected chi connectivity index (χ0v) is 12.3. The predicted molar refractivity (Wildman–Crippen MR) is 83.3 cm³/mol. The van der Waals surface area contributed by atoms with E-state index in [0.29, 0.717) is 11.3 Å². The van der Waals surface area contributed by atoms with Gasteiger partial charge < -0.3 is 5.11 Å². The van der Waals surface area contributed by atoms with E-state index in [4.69, 9.17) is 11.5 Å². The molecule has 2 aromatic carbocycles. The van der Waals surface area contributed by atoms with Crippen molar-refractivity contribution in [1.29, 1.82) is 0 Å². The van der Waals surface area contributed by atoms with Crippen LogP contribution in [-0.2, 0) is 10.0 Å². The van der Waals surface area contributed by atoms with Crippen LogP contribution >= 0.6 is 0 Å². The summed E-state index contributed by atoms with van der Waals surface area (Å²) in [5.41, 5.74) is 11.4.